The summed E-state index contributed by atoms with van der Waals surface area (Å²) in [7, 11) is 1.68. The lowest BCUT2D eigenvalue weighted by Crippen LogP contribution is -2.02. The molecule has 0 aliphatic carbocycles. The van der Waals surface area contributed by atoms with Crippen LogP contribution in [0.25, 0.3) is 17.1 Å². The van der Waals surface area contributed by atoms with E-state index in [1.807, 2.05) is 30.6 Å². The van der Waals surface area contributed by atoms with Gasteiger partial charge in [-0.1, -0.05) is 29.8 Å². The Labute approximate surface area is 131 Å². The summed E-state index contributed by atoms with van der Waals surface area (Å²) in [6.07, 6.45) is 3.85. The lowest BCUT2D eigenvalue weighted by atomic mass is 10.0. The molecule has 0 unspecified atom stereocenters. The van der Waals surface area contributed by atoms with E-state index in [4.69, 9.17) is 4.74 Å². The molecule has 0 N–H and O–H groups in total. The van der Waals surface area contributed by atoms with E-state index in [-0.39, 0.29) is 0 Å². The van der Waals surface area contributed by atoms with Crippen LogP contribution in [0.1, 0.15) is 16.7 Å². The molecule has 112 valence electrons. The molecule has 0 amide bonds. The topological polar surface area (TPSA) is 27.1 Å². The van der Waals surface area contributed by atoms with Crippen LogP contribution < -0.4 is 4.74 Å². The Morgan fingerprint density at radius 2 is 1.73 bits per heavy atom. The second-order valence-corrected chi connectivity index (χ2v) is 5.60. The van der Waals surface area contributed by atoms with Crippen LogP contribution >= 0.6 is 0 Å². The van der Waals surface area contributed by atoms with Crippen molar-refractivity contribution in [2.45, 2.75) is 20.8 Å². The molecular formula is C19H20N2O. The Morgan fingerprint density at radius 3 is 2.41 bits per heavy atom. The number of hydrogen-bond donors (Lipinski definition) is 0. The Morgan fingerprint density at radius 1 is 1.00 bits per heavy atom. The predicted octanol–water partition coefficient (Wildman–Crippen LogP) is 4.47. The molecule has 2 aromatic carbocycles. The molecule has 0 saturated heterocycles. The van der Waals surface area contributed by atoms with Gasteiger partial charge in [0.25, 0.3) is 0 Å². The maximum atomic E-state index is 5.32. The molecule has 3 nitrogen and oxygen atoms in total. The molecule has 3 heteroatoms. The largest absolute Gasteiger partial charge is 0.497 e. The standard InChI is InChI=1S/C19H20N2O/c1-13-10-14(2)18(15(3)11-13)21-9-8-20-19(21)16-6-5-7-17(12-16)22-4/h5-12H,1-4H3. The number of ether oxygens (including phenoxy) is 1. The van der Waals surface area contributed by atoms with E-state index >= 15 is 0 Å². The first-order valence-corrected chi connectivity index (χ1v) is 7.36. The van der Waals surface area contributed by atoms with E-state index in [1.165, 1.54) is 22.4 Å². The molecule has 1 aromatic heterocycles. The summed E-state index contributed by atoms with van der Waals surface area (Å²) in [4.78, 5) is 4.55. The van der Waals surface area contributed by atoms with Crippen molar-refractivity contribution < 1.29 is 4.74 Å². The number of imidazole rings is 1. The zero-order valence-electron chi connectivity index (χ0n) is 13.4. The monoisotopic (exact) mass is 292 g/mol. The first-order chi connectivity index (χ1) is 10.6. The van der Waals surface area contributed by atoms with Gasteiger partial charge in [0.05, 0.1) is 12.8 Å². The molecule has 0 bridgehead atoms. The zero-order valence-corrected chi connectivity index (χ0v) is 13.4. The summed E-state index contributed by atoms with van der Waals surface area (Å²) in [5.41, 5.74) is 6.02. The van der Waals surface area contributed by atoms with Crippen LogP contribution in [0.2, 0.25) is 0 Å². The first-order valence-electron chi connectivity index (χ1n) is 7.36. The van der Waals surface area contributed by atoms with Gasteiger partial charge in [-0.3, -0.25) is 4.57 Å². The van der Waals surface area contributed by atoms with Gasteiger partial charge in [-0.05, 0) is 44.0 Å². The third-order valence-electron chi connectivity index (χ3n) is 3.84. The lowest BCUT2D eigenvalue weighted by Gasteiger charge is -2.15. The number of rotatable bonds is 3. The van der Waals surface area contributed by atoms with E-state index in [0.29, 0.717) is 0 Å². The van der Waals surface area contributed by atoms with Crippen molar-refractivity contribution in [3.05, 3.63) is 65.5 Å². The average Bonchev–Trinajstić information content (AvgIpc) is 2.95. The van der Waals surface area contributed by atoms with Gasteiger partial charge < -0.3 is 4.74 Å². The minimum atomic E-state index is 0.837. The SMILES string of the molecule is COc1cccc(-c2nccn2-c2c(C)cc(C)cc2C)c1. The minimum absolute atomic E-state index is 0.837. The highest BCUT2D eigenvalue weighted by Gasteiger charge is 2.12. The molecule has 1 heterocycles. The second kappa shape index (κ2) is 5.68. The molecule has 3 aromatic rings. The van der Waals surface area contributed by atoms with E-state index < -0.39 is 0 Å². The number of aromatic nitrogens is 2. The Hall–Kier alpha value is -2.55. The Kier molecular flexibility index (Phi) is 3.72. The average molecular weight is 292 g/mol. The van der Waals surface area contributed by atoms with Crippen molar-refractivity contribution in [1.29, 1.82) is 0 Å². The van der Waals surface area contributed by atoms with Gasteiger partial charge in [0.2, 0.25) is 0 Å². The van der Waals surface area contributed by atoms with Crippen molar-refractivity contribution in [3.8, 4) is 22.8 Å². The van der Waals surface area contributed by atoms with Crippen molar-refractivity contribution in [3.63, 3.8) is 0 Å². The molecular weight excluding hydrogens is 272 g/mol. The fourth-order valence-electron chi connectivity index (χ4n) is 3.01. The summed E-state index contributed by atoms with van der Waals surface area (Å²) < 4.78 is 7.48. The zero-order chi connectivity index (χ0) is 15.7. The molecule has 0 radical (unpaired) electrons. The van der Waals surface area contributed by atoms with Gasteiger partial charge in [0.1, 0.15) is 11.6 Å². The molecule has 0 atom stereocenters. The van der Waals surface area contributed by atoms with Gasteiger partial charge in [-0.25, -0.2) is 4.98 Å². The van der Waals surface area contributed by atoms with Crippen LogP contribution in [0.4, 0.5) is 0 Å². The molecule has 3 rings (SSSR count). The quantitative estimate of drug-likeness (QED) is 0.712. The summed E-state index contributed by atoms with van der Waals surface area (Å²) in [6.45, 7) is 6.41. The van der Waals surface area contributed by atoms with Gasteiger partial charge in [0.15, 0.2) is 0 Å². The van der Waals surface area contributed by atoms with Crippen molar-refractivity contribution in [2.24, 2.45) is 0 Å². The molecule has 22 heavy (non-hydrogen) atoms. The van der Waals surface area contributed by atoms with Crippen LogP contribution in [-0.4, -0.2) is 16.7 Å². The maximum absolute atomic E-state index is 5.32. The molecule has 0 saturated carbocycles. The lowest BCUT2D eigenvalue weighted by molar-refractivity contribution is 0.415. The smallest absolute Gasteiger partial charge is 0.144 e. The third kappa shape index (κ3) is 2.50. The van der Waals surface area contributed by atoms with Crippen molar-refractivity contribution >= 4 is 0 Å². The van der Waals surface area contributed by atoms with E-state index in [1.54, 1.807) is 7.11 Å². The van der Waals surface area contributed by atoms with Crippen molar-refractivity contribution in [2.75, 3.05) is 7.11 Å². The highest BCUT2D eigenvalue weighted by atomic mass is 16.5. The summed E-state index contributed by atoms with van der Waals surface area (Å²) in [5.74, 6) is 1.76. The van der Waals surface area contributed by atoms with Gasteiger partial charge >= 0.3 is 0 Å². The highest BCUT2D eigenvalue weighted by molar-refractivity contribution is 5.63. The molecule has 0 spiro atoms. The van der Waals surface area contributed by atoms with E-state index in [9.17, 15) is 0 Å². The van der Waals surface area contributed by atoms with Gasteiger partial charge in [-0.15, -0.1) is 0 Å². The highest BCUT2D eigenvalue weighted by Crippen LogP contribution is 2.28. The van der Waals surface area contributed by atoms with Crippen LogP contribution in [-0.2, 0) is 0 Å². The predicted molar refractivity (Wildman–Crippen MR) is 89.8 cm³/mol. The van der Waals surface area contributed by atoms with Crippen LogP contribution in [0.15, 0.2) is 48.8 Å². The summed E-state index contributed by atoms with van der Waals surface area (Å²) in [5, 5.41) is 0. The fraction of sp³-hybridized carbons (Fsp3) is 0.211. The Bertz CT molecular complexity index is 795. The van der Waals surface area contributed by atoms with Gasteiger partial charge in [0, 0.05) is 18.0 Å². The number of benzene rings is 2. The van der Waals surface area contributed by atoms with Crippen LogP contribution in [0.3, 0.4) is 0 Å². The molecule has 0 aliphatic rings. The van der Waals surface area contributed by atoms with Crippen molar-refractivity contribution in [1.82, 2.24) is 9.55 Å². The summed E-state index contributed by atoms with van der Waals surface area (Å²) in [6, 6.07) is 12.4. The van der Waals surface area contributed by atoms with Crippen LogP contribution in [0.5, 0.6) is 5.75 Å². The minimum Gasteiger partial charge on any atom is -0.497 e. The number of methoxy groups -OCH3 is 1. The normalized spacial score (nSPS) is 10.7. The summed E-state index contributed by atoms with van der Waals surface area (Å²) >= 11 is 0. The molecule has 0 aliphatic heterocycles. The Balaban J connectivity index is 2.17. The number of aryl methyl sites for hydroxylation is 3. The van der Waals surface area contributed by atoms with E-state index in [0.717, 1.165) is 17.1 Å². The fourth-order valence-corrected chi connectivity index (χ4v) is 3.01. The second-order valence-electron chi connectivity index (χ2n) is 5.60. The molecule has 0 fully saturated rings. The number of hydrogen-bond acceptors (Lipinski definition) is 2. The third-order valence-corrected chi connectivity index (χ3v) is 3.84. The maximum Gasteiger partial charge on any atom is 0.144 e. The number of nitrogens with zero attached hydrogens (tertiary/aromatic N) is 2. The first kappa shape index (κ1) is 14.4. The van der Waals surface area contributed by atoms with Crippen LogP contribution in [0, 0.1) is 20.8 Å². The van der Waals surface area contributed by atoms with Gasteiger partial charge in [-0.2, -0.15) is 0 Å². The van der Waals surface area contributed by atoms with E-state index in [2.05, 4.69) is 48.5 Å².